The number of pyridine rings is 1. The zero-order chi connectivity index (χ0) is 18.7. The van der Waals surface area contributed by atoms with Crippen molar-refractivity contribution in [3.05, 3.63) is 60.4 Å². The van der Waals surface area contributed by atoms with Crippen LogP contribution >= 0.6 is 0 Å². The van der Waals surface area contributed by atoms with Gasteiger partial charge in [-0.25, -0.2) is 0 Å². The molecule has 1 aliphatic carbocycles. The Morgan fingerprint density at radius 3 is 2.37 bits per heavy atom. The molecule has 1 saturated heterocycles. The Morgan fingerprint density at radius 1 is 1.00 bits per heavy atom. The molecule has 0 atom stereocenters. The second-order valence-corrected chi connectivity index (χ2v) is 7.24. The van der Waals surface area contributed by atoms with Gasteiger partial charge >= 0.3 is 0 Å². The molecular formula is C21H24N4O2. The quantitative estimate of drug-likeness (QED) is 0.822. The van der Waals surface area contributed by atoms with Crippen LogP contribution in [0, 0.1) is 5.41 Å². The molecule has 6 heteroatoms. The summed E-state index contributed by atoms with van der Waals surface area (Å²) in [5.41, 5.74) is 1.27. The second-order valence-electron chi connectivity index (χ2n) is 7.24. The van der Waals surface area contributed by atoms with Crippen molar-refractivity contribution >= 4 is 17.5 Å². The second kappa shape index (κ2) is 7.39. The van der Waals surface area contributed by atoms with E-state index in [9.17, 15) is 9.59 Å². The first-order valence-corrected chi connectivity index (χ1v) is 9.46. The first-order valence-electron chi connectivity index (χ1n) is 9.46. The van der Waals surface area contributed by atoms with Crippen LogP contribution in [0.25, 0.3) is 0 Å². The number of amides is 2. The minimum absolute atomic E-state index is 0.0149. The highest BCUT2D eigenvalue weighted by Gasteiger charge is 2.58. The number of nitrogens with one attached hydrogen (secondary N) is 1. The van der Waals surface area contributed by atoms with Gasteiger partial charge in [0.15, 0.2) is 0 Å². The zero-order valence-corrected chi connectivity index (χ0v) is 15.3. The van der Waals surface area contributed by atoms with Gasteiger partial charge in [0.1, 0.15) is 5.41 Å². The van der Waals surface area contributed by atoms with Crippen LogP contribution in [0.2, 0.25) is 0 Å². The first-order chi connectivity index (χ1) is 13.2. The largest absolute Gasteiger partial charge is 0.368 e. The average molecular weight is 364 g/mol. The molecule has 1 N–H and O–H groups in total. The topological polar surface area (TPSA) is 65.5 Å². The van der Waals surface area contributed by atoms with Crippen molar-refractivity contribution in [2.75, 3.05) is 31.1 Å². The SMILES string of the molecule is O=C(NCc1cccnc1)C1(C(=O)N2CCN(c3ccccc3)CC2)CC1. The molecule has 0 radical (unpaired) electrons. The number of anilines is 1. The predicted octanol–water partition coefficient (Wildman–Crippen LogP) is 1.83. The van der Waals surface area contributed by atoms with E-state index in [0.29, 0.717) is 32.5 Å². The number of para-hydroxylation sites is 1. The Labute approximate surface area is 159 Å². The van der Waals surface area contributed by atoms with E-state index in [0.717, 1.165) is 18.7 Å². The minimum Gasteiger partial charge on any atom is -0.368 e. The third-order valence-corrected chi connectivity index (χ3v) is 5.46. The Morgan fingerprint density at radius 2 is 1.74 bits per heavy atom. The van der Waals surface area contributed by atoms with E-state index in [1.54, 1.807) is 12.4 Å². The molecule has 4 rings (SSSR count). The molecule has 1 saturated carbocycles. The van der Waals surface area contributed by atoms with E-state index in [1.807, 2.05) is 35.2 Å². The van der Waals surface area contributed by atoms with Crippen molar-refractivity contribution in [3.63, 3.8) is 0 Å². The summed E-state index contributed by atoms with van der Waals surface area (Å²) in [5, 5.41) is 2.92. The van der Waals surface area contributed by atoms with Crippen molar-refractivity contribution in [2.45, 2.75) is 19.4 Å². The smallest absolute Gasteiger partial charge is 0.238 e. The van der Waals surface area contributed by atoms with Gasteiger partial charge < -0.3 is 15.1 Å². The van der Waals surface area contributed by atoms with Crippen molar-refractivity contribution in [3.8, 4) is 0 Å². The number of rotatable bonds is 5. The van der Waals surface area contributed by atoms with Gasteiger partial charge in [-0.2, -0.15) is 0 Å². The van der Waals surface area contributed by atoms with E-state index in [-0.39, 0.29) is 11.8 Å². The Balaban J connectivity index is 1.33. The van der Waals surface area contributed by atoms with Gasteiger partial charge in [0.25, 0.3) is 0 Å². The highest BCUT2D eigenvalue weighted by atomic mass is 16.2. The molecule has 2 fully saturated rings. The third kappa shape index (κ3) is 3.65. The molecule has 2 aliphatic rings. The van der Waals surface area contributed by atoms with Crippen LogP contribution in [0.1, 0.15) is 18.4 Å². The lowest BCUT2D eigenvalue weighted by atomic mass is 10.0. The molecule has 27 heavy (non-hydrogen) atoms. The number of carbonyl (C=O) groups excluding carboxylic acids is 2. The normalized spacial score (nSPS) is 18.1. The molecule has 0 unspecified atom stereocenters. The fourth-order valence-electron chi connectivity index (χ4n) is 3.63. The monoisotopic (exact) mass is 364 g/mol. The minimum atomic E-state index is -0.850. The van der Waals surface area contributed by atoms with Crippen LogP contribution in [0.5, 0.6) is 0 Å². The van der Waals surface area contributed by atoms with Crippen molar-refractivity contribution in [1.29, 1.82) is 0 Å². The summed E-state index contributed by atoms with van der Waals surface area (Å²) in [4.78, 5) is 33.9. The zero-order valence-electron chi connectivity index (χ0n) is 15.3. The molecule has 1 aromatic heterocycles. The summed E-state index contributed by atoms with van der Waals surface area (Å²) in [6.45, 7) is 3.31. The summed E-state index contributed by atoms with van der Waals surface area (Å²) in [6.07, 6.45) is 4.71. The maximum Gasteiger partial charge on any atom is 0.238 e. The van der Waals surface area contributed by atoms with Gasteiger partial charge in [-0.05, 0) is 36.6 Å². The molecule has 2 amide bonds. The van der Waals surface area contributed by atoms with E-state index >= 15 is 0 Å². The number of hydrogen-bond donors (Lipinski definition) is 1. The fraction of sp³-hybridized carbons (Fsp3) is 0.381. The number of aromatic nitrogens is 1. The highest BCUT2D eigenvalue weighted by molar-refractivity contribution is 6.07. The molecular weight excluding hydrogens is 340 g/mol. The molecule has 140 valence electrons. The van der Waals surface area contributed by atoms with Crippen molar-refractivity contribution in [1.82, 2.24) is 15.2 Å². The number of nitrogens with zero attached hydrogens (tertiary/aromatic N) is 3. The van der Waals surface area contributed by atoms with Gasteiger partial charge in [-0.1, -0.05) is 24.3 Å². The van der Waals surface area contributed by atoms with Crippen LogP contribution in [0.4, 0.5) is 5.69 Å². The molecule has 0 bridgehead atoms. The predicted molar refractivity (Wildman–Crippen MR) is 103 cm³/mol. The Bertz CT molecular complexity index is 797. The van der Waals surface area contributed by atoms with Gasteiger partial charge in [0, 0.05) is 50.8 Å². The summed E-state index contributed by atoms with van der Waals surface area (Å²) < 4.78 is 0. The van der Waals surface area contributed by atoms with Crippen molar-refractivity contribution in [2.24, 2.45) is 5.41 Å². The Hall–Kier alpha value is -2.89. The molecule has 2 heterocycles. The van der Waals surface area contributed by atoms with E-state index in [2.05, 4.69) is 27.3 Å². The van der Waals surface area contributed by atoms with Gasteiger partial charge in [0.05, 0.1) is 0 Å². The summed E-state index contributed by atoms with van der Waals surface area (Å²) in [5.74, 6) is -0.166. The van der Waals surface area contributed by atoms with Crippen LogP contribution in [-0.4, -0.2) is 47.9 Å². The lowest BCUT2D eigenvalue weighted by Crippen LogP contribution is -2.53. The summed E-state index contributed by atoms with van der Waals surface area (Å²) in [7, 11) is 0. The number of piperazine rings is 1. The lowest BCUT2D eigenvalue weighted by Gasteiger charge is -2.37. The van der Waals surface area contributed by atoms with Gasteiger partial charge in [0.2, 0.25) is 11.8 Å². The molecule has 1 aromatic carbocycles. The summed E-state index contributed by atoms with van der Waals surface area (Å²) in [6, 6.07) is 14.0. The van der Waals surface area contributed by atoms with Gasteiger partial charge in [-0.3, -0.25) is 14.6 Å². The summed E-state index contributed by atoms with van der Waals surface area (Å²) >= 11 is 0. The van der Waals surface area contributed by atoms with Crippen LogP contribution < -0.4 is 10.2 Å². The third-order valence-electron chi connectivity index (χ3n) is 5.46. The van der Waals surface area contributed by atoms with E-state index < -0.39 is 5.41 Å². The Kier molecular flexibility index (Phi) is 4.79. The molecule has 2 aromatic rings. The number of carbonyl (C=O) groups is 2. The maximum absolute atomic E-state index is 13.0. The molecule has 1 aliphatic heterocycles. The highest BCUT2D eigenvalue weighted by Crippen LogP contribution is 2.47. The molecule has 6 nitrogen and oxygen atoms in total. The standard InChI is InChI=1S/C21H24N4O2/c26-19(23-16-17-5-4-10-22-15-17)21(8-9-21)20(27)25-13-11-24(12-14-25)18-6-2-1-3-7-18/h1-7,10,15H,8-9,11-14,16H2,(H,23,26). The number of benzene rings is 1. The fourth-order valence-corrected chi connectivity index (χ4v) is 3.63. The number of hydrogen-bond acceptors (Lipinski definition) is 4. The van der Waals surface area contributed by atoms with E-state index in [1.165, 1.54) is 5.69 Å². The first kappa shape index (κ1) is 17.5. The maximum atomic E-state index is 13.0. The lowest BCUT2D eigenvalue weighted by molar-refractivity contribution is -0.144. The van der Waals surface area contributed by atoms with Crippen molar-refractivity contribution < 1.29 is 9.59 Å². The van der Waals surface area contributed by atoms with Crippen LogP contribution in [0.3, 0.4) is 0 Å². The van der Waals surface area contributed by atoms with Crippen LogP contribution in [0.15, 0.2) is 54.9 Å². The average Bonchev–Trinajstić information content (AvgIpc) is 3.55. The van der Waals surface area contributed by atoms with E-state index in [4.69, 9.17) is 0 Å². The van der Waals surface area contributed by atoms with Gasteiger partial charge in [-0.15, -0.1) is 0 Å². The molecule has 0 spiro atoms. The van der Waals surface area contributed by atoms with Crippen LogP contribution in [-0.2, 0) is 16.1 Å².